The van der Waals surface area contributed by atoms with E-state index in [-0.39, 0.29) is 37.2 Å². The molecule has 1 unspecified atom stereocenters. The van der Waals surface area contributed by atoms with Gasteiger partial charge in [-0.1, -0.05) is 6.07 Å². The Labute approximate surface area is 203 Å². The van der Waals surface area contributed by atoms with Crippen molar-refractivity contribution in [1.29, 1.82) is 0 Å². The van der Waals surface area contributed by atoms with Crippen molar-refractivity contribution < 1.29 is 36.6 Å². The van der Waals surface area contributed by atoms with Crippen molar-refractivity contribution in [3.05, 3.63) is 83.4 Å². The van der Waals surface area contributed by atoms with Gasteiger partial charge >= 0.3 is 6.18 Å². The molecule has 0 aliphatic carbocycles. The van der Waals surface area contributed by atoms with Crippen LogP contribution >= 0.6 is 0 Å². The lowest BCUT2D eigenvalue weighted by atomic mass is 9.82. The highest BCUT2D eigenvalue weighted by molar-refractivity contribution is 5.94. The standard InChI is InChI=1S/C24H23F5N4O3/c1-15-23(12-32-14-30-13-31-32,20-7-6-18(25)10-21(20)26)36-19(8-9-34)11-33(15)22(35)16-2-4-17(5-3-16)24(27,28)29/h2-7,10,13-15,19,34H,8-9,11-12H2,1H3/t15-,19?,23-/m1/s1. The van der Waals surface area contributed by atoms with E-state index in [1.807, 2.05) is 0 Å². The Balaban J connectivity index is 1.79. The van der Waals surface area contributed by atoms with Crippen LogP contribution < -0.4 is 0 Å². The quantitative estimate of drug-likeness (QED) is 0.511. The average Bonchev–Trinajstić information content (AvgIpc) is 3.33. The molecule has 0 bridgehead atoms. The monoisotopic (exact) mass is 510 g/mol. The maximum Gasteiger partial charge on any atom is 0.416 e. The molecule has 2 heterocycles. The Hall–Kier alpha value is -3.38. The zero-order valence-electron chi connectivity index (χ0n) is 19.1. The Morgan fingerprint density at radius 2 is 1.92 bits per heavy atom. The minimum absolute atomic E-state index is 0.00580. The van der Waals surface area contributed by atoms with Crippen molar-refractivity contribution in [3.8, 4) is 0 Å². The Morgan fingerprint density at radius 1 is 1.19 bits per heavy atom. The van der Waals surface area contributed by atoms with E-state index >= 15 is 4.39 Å². The minimum atomic E-state index is -4.56. The highest BCUT2D eigenvalue weighted by Gasteiger charge is 2.51. The number of aromatic nitrogens is 3. The first kappa shape index (κ1) is 25.7. The molecule has 1 amide bonds. The van der Waals surface area contributed by atoms with Gasteiger partial charge in [-0.15, -0.1) is 0 Å². The number of aliphatic hydroxyl groups excluding tert-OH is 1. The molecule has 1 aromatic heterocycles. The topological polar surface area (TPSA) is 80.5 Å². The fourth-order valence-corrected chi connectivity index (χ4v) is 4.51. The van der Waals surface area contributed by atoms with E-state index < -0.39 is 47.0 Å². The van der Waals surface area contributed by atoms with Crippen molar-refractivity contribution in [1.82, 2.24) is 19.7 Å². The smallest absolute Gasteiger partial charge is 0.396 e. The van der Waals surface area contributed by atoms with Gasteiger partial charge in [-0.2, -0.15) is 18.3 Å². The summed E-state index contributed by atoms with van der Waals surface area (Å²) < 4.78 is 75.6. The van der Waals surface area contributed by atoms with E-state index in [0.717, 1.165) is 30.3 Å². The third-order valence-electron chi connectivity index (χ3n) is 6.34. The third-order valence-corrected chi connectivity index (χ3v) is 6.34. The van der Waals surface area contributed by atoms with Crippen molar-refractivity contribution in [2.75, 3.05) is 13.2 Å². The maximum atomic E-state index is 15.2. The van der Waals surface area contributed by atoms with Crippen LogP contribution in [0, 0.1) is 11.6 Å². The van der Waals surface area contributed by atoms with Crippen LogP contribution in [0.5, 0.6) is 0 Å². The van der Waals surface area contributed by atoms with E-state index in [1.165, 1.54) is 28.3 Å². The fraction of sp³-hybridized carbons (Fsp3) is 0.375. The second-order valence-electron chi connectivity index (χ2n) is 8.57. The van der Waals surface area contributed by atoms with Gasteiger partial charge in [-0.3, -0.25) is 4.79 Å². The number of alkyl halides is 3. The van der Waals surface area contributed by atoms with E-state index in [1.54, 1.807) is 6.92 Å². The van der Waals surface area contributed by atoms with Crippen LogP contribution in [0.15, 0.2) is 55.1 Å². The first-order valence-electron chi connectivity index (χ1n) is 11.1. The van der Waals surface area contributed by atoms with E-state index in [4.69, 9.17) is 4.74 Å². The van der Waals surface area contributed by atoms with Crippen LogP contribution in [-0.4, -0.2) is 56.0 Å². The molecule has 1 fully saturated rings. The normalized spacial score (nSPS) is 22.6. The predicted molar refractivity (Wildman–Crippen MR) is 117 cm³/mol. The second-order valence-corrected chi connectivity index (χ2v) is 8.57. The van der Waals surface area contributed by atoms with E-state index in [0.29, 0.717) is 6.07 Å². The summed E-state index contributed by atoms with van der Waals surface area (Å²) in [6.07, 6.45) is -2.61. The van der Waals surface area contributed by atoms with Gasteiger partial charge in [0.15, 0.2) is 0 Å². The molecule has 192 valence electrons. The average molecular weight is 510 g/mol. The van der Waals surface area contributed by atoms with Gasteiger partial charge in [0.05, 0.1) is 24.3 Å². The molecule has 36 heavy (non-hydrogen) atoms. The van der Waals surface area contributed by atoms with Gasteiger partial charge in [0.25, 0.3) is 5.91 Å². The van der Waals surface area contributed by atoms with Gasteiger partial charge in [0, 0.05) is 30.3 Å². The highest BCUT2D eigenvalue weighted by Crippen LogP contribution is 2.41. The number of nitrogens with zero attached hydrogens (tertiary/aromatic N) is 4. The number of carbonyl (C=O) groups excluding carboxylic acids is 1. The molecule has 3 aromatic rings. The number of aliphatic hydroxyl groups is 1. The molecular weight excluding hydrogens is 487 g/mol. The first-order valence-corrected chi connectivity index (χ1v) is 11.1. The second kappa shape index (κ2) is 9.94. The maximum absolute atomic E-state index is 15.2. The number of rotatable bonds is 6. The minimum Gasteiger partial charge on any atom is -0.396 e. The molecular formula is C24H23F5N4O3. The summed E-state index contributed by atoms with van der Waals surface area (Å²) in [5, 5.41) is 13.6. The zero-order chi connectivity index (χ0) is 26.1. The summed E-state index contributed by atoms with van der Waals surface area (Å²) in [6.45, 7) is 1.18. The summed E-state index contributed by atoms with van der Waals surface area (Å²) in [7, 11) is 0. The number of ether oxygens (including phenoxy) is 1. The molecule has 1 saturated heterocycles. The molecule has 7 nitrogen and oxygen atoms in total. The molecule has 1 N–H and O–H groups in total. The Kier molecular flexibility index (Phi) is 7.10. The number of amides is 1. The van der Waals surface area contributed by atoms with E-state index in [9.17, 15) is 27.5 Å². The van der Waals surface area contributed by atoms with Gasteiger partial charge in [-0.25, -0.2) is 18.4 Å². The number of hydrogen-bond donors (Lipinski definition) is 1. The van der Waals surface area contributed by atoms with Gasteiger partial charge in [0.1, 0.15) is 29.9 Å². The fourth-order valence-electron chi connectivity index (χ4n) is 4.51. The number of carbonyl (C=O) groups is 1. The van der Waals surface area contributed by atoms with E-state index in [2.05, 4.69) is 10.1 Å². The third kappa shape index (κ3) is 4.96. The Morgan fingerprint density at radius 3 is 2.50 bits per heavy atom. The number of halogens is 5. The van der Waals surface area contributed by atoms with Gasteiger partial charge in [-0.05, 0) is 43.7 Å². The summed E-state index contributed by atoms with van der Waals surface area (Å²) in [5.74, 6) is -2.32. The summed E-state index contributed by atoms with van der Waals surface area (Å²) in [6, 6.07) is 5.88. The van der Waals surface area contributed by atoms with Crippen molar-refractivity contribution in [3.63, 3.8) is 0 Å². The first-order chi connectivity index (χ1) is 17.0. The summed E-state index contributed by atoms with van der Waals surface area (Å²) >= 11 is 0. The van der Waals surface area contributed by atoms with Crippen LogP contribution in [-0.2, 0) is 23.1 Å². The SMILES string of the molecule is C[C@H]1N(C(=O)c2ccc(C(F)(F)F)cc2)CC(CCO)O[C@@]1(Cn1cncn1)c1ccc(F)cc1F. The number of morpholine rings is 1. The molecule has 0 radical (unpaired) electrons. The lowest BCUT2D eigenvalue weighted by Crippen LogP contribution is -2.63. The van der Waals surface area contributed by atoms with Gasteiger partial charge in [0.2, 0.25) is 0 Å². The summed E-state index contributed by atoms with van der Waals surface area (Å²) in [5.41, 5.74) is -2.54. The largest absolute Gasteiger partial charge is 0.416 e. The number of benzene rings is 2. The lowest BCUT2D eigenvalue weighted by Gasteiger charge is -2.51. The zero-order valence-corrected chi connectivity index (χ0v) is 19.1. The lowest BCUT2D eigenvalue weighted by molar-refractivity contribution is -0.192. The molecule has 0 spiro atoms. The van der Waals surface area contributed by atoms with Gasteiger partial charge < -0.3 is 14.7 Å². The van der Waals surface area contributed by atoms with Crippen molar-refractivity contribution >= 4 is 5.91 Å². The molecule has 1 aliphatic rings. The van der Waals surface area contributed by atoms with Crippen LogP contribution in [0.25, 0.3) is 0 Å². The molecule has 4 rings (SSSR count). The van der Waals surface area contributed by atoms with Crippen molar-refractivity contribution in [2.24, 2.45) is 0 Å². The van der Waals surface area contributed by atoms with Crippen LogP contribution in [0.1, 0.15) is 34.8 Å². The molecule has 2 aromatic carbocycles. The summed E-state index contributed by atoms with van der Waals surface area (Å²) in [4.78, 5) is 18.8. The molecule has 12 heteroatoms. The van der Waals surface area contributed by atoms with Crippen LogP contribution in [0.4, 0.5) is 22.0 Å². The van der Waals surface area contributed by atoms with Crippen LogP contribution in [0.3, 0.4) is 0 Å². The molecule has 1 aliphatic heterocycles. The Bertz CT molecular complexity index is 1200. The highest BCUT2D eigenvalue weighted by atomic mass is 19.4. The molecule has 0 saturated carbocycles. The molecule has 3 atom stereocenters. The number of hydrogen-bond acceptors (Lipinski definition) is 5. The van der Waals surface area contributed by atoms with Crippen LogP contribution in [0.2, 0.25) is 0 Å². The van der Waals surface area contributed by atoms with Crippen molar-refractivity contribution in [2.45, 2.75) is 43.8 Å². The predicted octanol–water partition coefficient (Wildman–Crippen LogP) is 3.78.